The summed E-state index contributed by atoms with van der Waals surface area (Å²) >= 11 is 0. The van der Waals surface area contributed by atoms with E-state index in [1.54, 1.807) is 24.3 Å². The standard InChI is InChI=1S/C37H51NO4S/c1-32(2)15-17-37(23-43(41,42)25-11-9-8-10-12-25)18-16-36(7)30(26(37)21-32)27(39)19-29-34(5)20-24(22-38)31(40)33(3,4)28(34)13-14-35(29,36)6/h8-12,24,26,28-30H,13-21,23H2,1-7H3/t24?,26-,28-,29+,30-,34-,35+,36+,37+/m0/s1. The summed E-state index contributed by atoms with van der Waals surface area (Å²) < 4.78 is 27.9. The molecule has 43 heavy (non-hydrogen) atoms. The predicted molar refractivity (Wildman–Crippen MR) is 167 cm³/mol. The van der Waals surface area contributed by atoms with Crippen molar-refractivity contribution in [1.82, 2.24) is 0 Å². The van der Waals surface area contributed by atoms with Gasteiger partial charge in [-0.05, 0) is 108 Å². The molecule has 5 aliphatic carbocycles. The summed E-state index contributed by atoms with van der Waals surface area (Å²) in [4.78, 5) is 28.6. The second-order valence-corrected chi connectivity index (χ2v) is 19.5. The average molecular weight is 606 g/mol. The number of carbonyl (C=O) groups excluding carboxylic acids is 2. The van der Waals surface area contributed by atoms with Crippen LogP contribution in [-0.2, 0) is 19.4 Å². The number of benzene rings is 1. The summed E-state index contributed by atoms with van der Waals surface area (Å²) in [5, 5.41) is 10.0. The summed E-state index contributed by atoms with van der Waals surface area (Å²) in [6.45, 7) is 15.7. The van der Waals surface area contributed by atoms with Crippen molar-refractivity contribution in [1.29, 1.82) is 5.26 Å². The Morgan fingerprint density at radius 1 is 0.837 bits per heavy atom. The van der Waals surface area contributed by atoms with Gasteiger partial charge in [0, 0.05) is 17.8 Å². The summed E-state index contributed by atoms with van der Waals surface area (Å²) in [6.07, 6.45) is 7.29. The first kappa shape index (κ1) is 31.0. The predicted octanol–water partition coefficient (Wildman–Crippen LogP) is 7.84. The van der Waals surface area contributed by atoms with E-state index in [0.717, 1.165) is 44.9 Å². The largest absolute Gasteiger partial charge is 0.299 e. The van der Waals surface area contributed by atoms with Gasteiger partial charge in [0.1, 0.15) is 11.7 Å². The monoisotopic (exact) mass is 605 g/mol. The number of Topliss-reactive ketones (excluding diaryl/α,β-unsaturated/α-hetero) is 2. The normalized spacial score (nSPS) is 45.1. The topological polar surface area (TPSA) is 92.1 Å². The number of rotatable bonds is 3. The Kier molecular flexibility index (Phi) is 6.85. The minimum absolute atomic E-state index is 0.0283. The van der Waals surface area contributed by atoms with E-state index in [1.807, 2.05) is 19.9 Å². The Balaban J connectivity index is 1.43. The van der Waals surface area contributed by atoms with Crippen molar-refractivity contribution >= 4 is 21.4 Å². The van der Waals surface area contributed by atoms with Gasteiger partial charge in [-0.3, -0.25) is 9.59 Å². The number of nitriles is 1. The van der Waals surface area contributed by atoms with Gasteiger partial charge in [0.25, 0.3) is 0 Å². The van der Waals surface area contributed by atoms with Gasteiger partial charge in [-0.2, -0.15) is 5.26 Å². The third-order valence-electron chi connectivity index (χ3n) is 14.7. The molecule has 5 nitrogen and oxygen atoms in total. The molecule has 5 aliphatic rings. The molecule has 5 saturated carbocycles. The third-order valence-corrected chi connectivity index (χ3v) is 16.6. The molecular weight excluding hydrogens is 554 g/mol. The van der Waals surface area contributed by atoms with E-state index in [0.29, 0.717) is 23.5 Å². The van der Waals surface area contributed by atoms with Crippen LogP contribution in [0.3, 0.4) is 0 Å². The van der Waals surface area contributed by atoms with Crippen LogP contribution in [-0.4, -0.2) is 25.7 Å². The first-order valence-electron chi connectivity index (χ1n) is 16.6. The lowest BCUT2D eigenvalue weighted by Gasteiger charge is -2.72. The molecule has 0 N–H and O–H groups in total. The smallest absolute Gasteiger partial charge is 0.178 e. The number of sulfone groups is 1. The Hall–Kier alpha value is -2.00. The lowest BCUT2D eigenvalue weighted by molar-refractivity contribution is -0.234. The summed E-state index contributed by atoms with van der Waals surface area (Å²) in [5.74, 6) is -0.0228. The van der Waals surface area contributed by atoms with Gasteiger partial charge < -0.3 is 0 Å². The first-order chi connectivity index (χ1) is 19.9. The fourth-order valence-electron chi connectivity index (χ4n) is 12.3. The van der Waals surface area contributed by atoms with Gasteiger partial charge in [0.2, 0.25) is 0 Å². The van der Waals surface area contributed by atoms with Gasteiger partial charge in [-0.15, -0.1) is 0 Å². The number of hydrogen-bond acceptors (Lipinski definition) is 5. The van der Waals surface area contributed by atoms with E-state index in [-0.39, 0.29) is 56.9 Å². The van der Waals surface area contributed by atoms with Crippen LogP contribution < -0.4 is 0 Å². The fourth-order valence-corrected chi connectivity index (χ4v) is 14.3. The van der Waals surface area contributed by atoms with Crippen LogP contribution in [0.5, 0.6) is 0 Å². The van der Waals surface area contributed by atoms with Gasteiger partial charge in [-0.25, -0.2) is 8.42 Å². The van der Waals surface area contributed by atoms with E-state index >= 15 is 0 Å². The van der Waals surface area contributed by atoms with Gasteiger partial charge in [-0.1, -0.05) is 66.7 Å². The van der Waals surface area contributed by atoms with E-state index in [4.69, 9.17) is 0 Å². The summed E-state index contributed by atoms with van der Waals surface area (Å²) in [6, 6.07) is 11.2. The van der Waals surface area contributed by atoms with E-state index in [9.17, 15) is 23.3 Å². The number of hydrogen-bond donors (Lipinski definition) is 0. The lowest BCUT2D eigenvalue weighted by atomic mass is 9.31. The van der Waals surface area contributed by atoms with Crippen molar-refractivity contribution in [2.75, 3.05) is 5.75 Å². The maximum absolute atomic E-state index is 14.8. The molecule has 0 aromatic heterocycles. The molecule has 0 aliphatic heterocycles. The van der Waals surface area contributed by atoms with Crippen LogP contribution in [0.2, 0.25) is 0 Å². The zero-order valence-corrected chi connectivity index (χ0v) is 28.1. The molecule has 0 bridgehead atoms. The van der Waals surface area contributed by atoms with Crippen molar-refractivity contribution in [3.63, 3.8) is 0 Å². The molecule has 234 valence electrons. The molecular formula is C37H51NO4S. The van der Waals surface area contributed by atoms with Crippen LogP contribution in [0.1, 0.15) is 106 Å². The molecule has 1 aromatic rings. The van der Waals surface area contributed by atoms with Crippen LogP contribution in [0.25, 0.3) is 0 Å². The number of carbonyl (C=O) groups is 2. The molecule has 6 heteroatoms. The highest BCUT2D eigenvalue weighted by Crippen LogP contribution is 2.76. The molecule has 1 unspecified atom stereocenters. The van der Waals surface area contributed by atoms with E-state index < -0.39 is 26.6 Å². The molecule has 5 fully saturated rings. The second kappa shape index (κ2) is 9.51. The lowest BCUT2D eigenvalue weighted by Crippen LogP contribution is -2.70. The van der Waals surface area contributed by atoms with E-state index in [2.05, 4.69) is 40.7 Å². The summed E-state index contributed by atoms with van der Waals surface area (Å²) in [5.41, 5.74) is -1.59. The number of fused-ring (bicyclic) bond motifs is 7. The Morgan fingerprint density at radius 2 is 1.49 bits per heavy atom. The molecule has 9 atom stereocenters. The average Bonchev–Trinajstić information content (AvgIpc) is 2.93. The van der Waals surface area contributed by atoms with Gasteiger partial charge in [0.05, 0.1) is 16.7 Å². The molecule has 0 radical (unpaired) electrons. The molecule has 0 amide bonds. The second-order valence-electron chi connectivity index (χ2n) is 17.5. The van der Waals surface area contributed by atoms with Crippen molar-refractivity contribution in [3.05, 3.63) is 30.3 Å². The summed E-state index contributed by atoms with van der Waals surface area (Å²) in [7, 11) is -3.52. The maximum Gasteiger partial charge on any atom is 0.178 e. The van der Waals surface area contributed by atoms with Gasteiger partial charge >= 0.3 is 0 Å². The van der Waals surface area contributed by atoms with Crippen LogP contribution >= 0.6 is 0 Å². The van der Waals surface area contributed by atoms with E-state index in [1.165, 1.54) is 0 Å². The highest BCUT2D eigenvalue weighted by atomic mass is 32.2. The minimum atomic E-state index is -3.52. The quantitative estimate of drug-likeness (QED) is 0.350. The molecule has 0 saturated heterocycles. The Labute approximate surface area is 259 Å². The van der Waals surface area contributed by atoms with Crippen LogP contribution in [0, 0.1) is 73.4 Å². The maximum atomic E-state index is 14.8. The molecule has 0 spiro atoms. The Morgan fingerprint density at radius 3 is 2.14 bits per heavy atom. The molecule has 6 rings (SSSR count). The number of nitrogens with zero attached hydrogens (tertiary/aromatic N) is 1. The van der Waals surface area contributed by atoms with Crippen molar-refractivity contribution < 1.29 is 18.0 Å². The minimum Gasteiger partial charge on any atom is -0.299 e. The number of ketones is 2. The van der Waals surface area contributed by atoms with Crippen LogP contribution in [0.15, 0.2) is 35.2 Å². The van der Waals surface area contributed by atoms with Crippen molar-refractivity contribution in [2.24, 2.45) is 62.1 Å². The molecule has 0 heterocycles. The zero-order chi connectivity index (χ0) is 31.4. The zero-order valence-electron chi connectivity index (χ0n) is 27.3. The highest BCUT2D eigenvalue weighted by Gasteiger charge is 2.73. The first-order valence-corrected chi connectivity index (χ1v) is 18.3. The van der Waals surface area contributed by atoms with Crippen molar-refractivity contribution in [2.45, 2.75) is 111 Å². The Bertz CT molecular complexity index is 1490. The highest BCUT2D eigenvalue weighted by molar-refractivity contribution is 7.91. The SMILES string of the molecule is CC1(C)CC[C@]2(CS(=O)(=O)c3ccccc3)CC[C@]3(C)[C@H](C(=O)C[C@@H]4[C@@]5(C)CC(C#N)C(=O)C(C)(C)[C@@H]5CC[C@]43C)[C@@H]2C1. The fraction of sp³-hybridized carbons (Fsp3) is 0.757. The van der Waals surface area contributed by atoms with Gasteiger partial charge in [0.15, 0.2) is 15.6 Å². The van der Waals surface area contributed by atoms with Crippen molar-refractivity contribution in [3.8, 4) is 6.07 Å². The molecule has 1 aromatic carbocycles. The third kappa shape index (κ3) is 4.22. The van der Waals surface area contributed by atoms with Crippen LogP contribution in [0.4, 0.5) is 0 Å².